The molecule has 2 aromatic rings. The van der Waals surface area contributed by atoms with Gasteiger partial charge in [-0.3, -0.25) is 9.59 Å². The number of fused-ring (bicyclic) bond motifs is 2. The van der Waals surface area contributed by atoms with Crippen LogP contribution in [0, 0.1) is 11.8 Å². The minimum absolute atomic E-state index is 0.0433. The van der Waals surface area contributed by atoms with E-state index in [0.29, 0.717) is 45.4 Å². The number of carbonyl (C=O) groups excluding carboxylic acids is 2. The average molecular weight is 460 g/mol. The summed E-state index contributed by atoms with van der Waals surface area (Å²) in [5.74, 6) is 0.145. The molecule has 1 N–H and O–H groups in total. The zero-order chi connectivity index (χ0) is 23.4. The summed E-state index contributed by atoms with van der Waals surface area (Å²) in [5.41, 5.74) is 0.334. The van der Waals surface area contributed by atoms with Crippen molar-refractivity contribution in [2.75, 3.05) is 25.0 Å². The van der Waals surface area contributed by atoms with Crippen LogP contribution in [0.2, 0.25) is 0 Å². The second kappa shape index (κ2) is 9.85. The van der Waals surface area contributed by atoms with Crippen LogP contribution in [0.15, 0.2) is 48.5 Å². The maximum Gasteiger partial charge on any atom is 0.416 e. The Labute approximate surface area is 190 Å². The summed E-state index contributed by atoms with van der Waals surface area (Å²) in [6, 6.07) is 13.0. The minimum Gasteiger partial charge on any atom is -0.491 e. The van der Waals surface area contributed by atoms with E-state index in [-0.39, 0.29) is 41.5 Å². The third kappa shape index (κ3) is 5.86. The third-order valence-corrected chi connectivity index (χ3v) is 6.49. The molecule has 8 heteroatoms. The maximum atomic E-state index is 13.1. The number of piperidine rings is 1. The minimum atomic E-state index is -4.50. The number of aryl methyl sites for hydroxylation is 1. The van der Waals surface area contributed by atoms with Crippen molar-refractivity contribution in [3.05, 3.63) is 59.7 Å². The van der Waals surface area contributed by atoms with Crippen molar-refractivity contribution in [1.29, 1.82) is 0 Å². The predicted molar refractivity (Wildman–Crippen MR) is 118 cm³/mol. The summed E-state index contributed by atoms with van der Waals surface area (Å²) in [6.45, 7) is 1.45. The maximum absolute atomic E-state index is 13.1. The fourth-order valence-electron chi connectivity index (χ4n) is 4.65. The molecular formula is C25H27F3N2O3. The number of rotatable bonds is 3. The molecular weight excluding hydrogens is 433 g/mol. The first kappa shape index (κ1) is 23.1. The number of anilines is 1. The van der Waals surface area contributed by atoms with Crippen LogP contribution < -0.4 is 10.1 Å². The summed E-state index contributed by atoms with van der Waals surface area (Å²) >= 11 is 0. The van der Waals surface area contributed by atoms with Gasteiger partial charge >= 0.3 is 6.18 Å². The number of nitrogens with one attached hydrogen (secondary N) is 1. The molecule has 2 aliphatic rings. The second-order valence-electron chi connectivity index (χ2n) is 8.73. The van der Waals surface area contributed by atoms with Crippen LogP contribution in [0.4, 0.5) is 18.9 Å². The van der Waals surface area contributed by atoms with Gasteiger partial charge in [0.2, 0.25) is 11.8 Å². The molecule has 2 atom stereocenters. The van der Waals surface area contributed by atoms with E-state index < -0.39 is 11.7 Å². The average Bonchev–Trinajstić information content (AvgIpc) is 2.79. The van der Waals surface area contributed by atoms with Crippen molar-refractivity contribution in [2.24, 2.45) is 11.8 Å². The predicted octanol–water partition coefficient (Wildman–Crippen LogP) is 4.91. The molecule has 176 valence electrons. The Morgan fingerprint density at radius 3 is 2.64 bits per heavy atom. The molecule has 0 aliphatic carbocycles. The van der Waals surface area contributed by atoms with Crippen molar-refractivity contribution in [3.8, 4) is 5.75 Å². The smallest absolute Gasteiger partial charge is 0.416 e. The highest BCUT2D eigenvalue weighted by Crippen LogP contribution is 2.37. The van der Waals surface area contributed by atoms with Gasteiger partial charge in [0.15, 0.2) is 0 Å². The van der Waals surface area contributed by atoms with Gasteiger partial charge in [-0.15, -0.1) is 0 Å². The van der Waals surface area contributed by atoms with Gasteiger partial charge in [-0.1, -0.05) is 30.3 Å². The molecule has 1 fully saturated rings. The van der Waals surface area contributed by atoms with E-state index in [2.05, 4.69) is 5.32 Å². The molecule has 0 saturated carbocycles. The van der Waals surface area contributed by atoms with Gasteiger partial charge in [-0.05, 0) is 54.9 Å². The Morgan fingerprint density at radius 2 is 1.88 bits per heavy atom. The van der Waals surface area contributed by atoms with Crippen LogP contribution in [0.25, 0.3) is 0 Å². The number of hydrogen-bond acceptors (Lipinski definition) is 3. The van der Waals surface area contributed by atoms with E-state index in [9.17, 15) is 22.8 Å². The SMILES string of the molecule is O=C1C[C@@H]2CCN(C(=O)CCc3ccccc3)C[C@@H]2CCOc2ccc(C(F)(F)F)cc2N1. The van der Waals surface area contributed by atoms with Gasteiger partial charge < -0.3 is 15.0 Å². The van der Waals surface area contributed by atoms with Crippen LogP contribution in [0.1, 0.15) is 36.8 Å². The Bertz CT molecular complexity index is 994. The lowest BCUT2D eigenvalue weighted by atomic mass is 9.80. The van der Waals surface area contributed by atoms with E-state index in [4.69, 9.17) is 4.74 Å². The quantitative estimate of drug-likeness (QED) is 0.708. The fourth-order valence-corrected chi connectivity index (χ4v) is 4.65. The molecule has 0 aromatic heterocycles. The summed E-state index contributed by atoms with van der Waals surface area (Å²) < 4.78 is 45.0. The molecule has 0 spiro atoms. The largest absolute Gasteiger partial charge is 0.491 e. The molecule has 2 heterocycles. The number of nitrogens with zero attached hydrogens (tertiary/aromatic N) is 1. The summed E-state index contributed by atoms with van der Waals surface area (Å²) in [4.78, 5) is 27.3. The number of carbonyl (C=O) groups is 2. The zero-order valence-electron chi connectivity index (χ0n) is 18.2. The van der Waals surface area contributed by atoms with Gasteiger partial charge in [0.25, 0.3) is 0 Å². The Morgan fingerprint density at radius 1 is 1.09 bits per heavy atom. The number of ether oxygens (including phenoxy) is 1. The molecule has 0 unspecified atom stereocenters. The molecule has 5 nitrogen and oxygen atoms in total. The molecule has 0 bridgehead atoms. The third-order valence-electron chi connectivity index (χ3n) is 6.49. The standard InChI is InChI=1S/C25H27F3N2O3/c26-25(27,28)20-7-8-22-21(15-20)29-23(31)14-18-10-12-30(16-19(18)11-13-33-22)24(32)9-6-17-4-2-1-3-5-17/h1-5,7-8,15,18-19H,6,9-14,16H2,(H,29,31)/t18-,19-/m0/s1. The van der Waals surface area contributed by atoms with E-state index in [0.717, 1.165) is 17.7 Å². The van der Waals surface area contributed by atoms with E-state index in [1.54, 1.807) is 0 Å². The van der Waals surface area contributed by atoms with E-state index in [1.807, 2.05) is 35.2 Å². The van der Waals surface area contributed by atoms with Gasteiger partial charge in [0, 0.05) is 25.9 Å². The van der Waals surface area contributed by atoms with Crippen molar-refractivity contribution in [1.82, 2.24) is 4.90 Å². The lowest BCUT2D eigenvalue weighted by Gasteiger charge is -2.39. The van der Waals surface area contributed by atoms with Crippen molar-refractivity contribution < 1.29 is 27.5 Å². The lowest BCUT2D eigenvalue weighted by Crippen LogP contribution is -2.45. The van der Waals surface area contributed by atoms with Crippen molar-refractivity contribution in [2.45, 2.75) is 38.3 Å². The number of halogens is 3. The number of alkyl halides is 3. The van der Waals surface area contributed by atoms with Gasteiger partial charge in [0.1, 0.15) is 5.75 Å². The highest BCUT2D eigenvalue weighted by molar-refractivity contribution is 5.92. The van der Waals surface area contributed by atoms with E-state index >= 15 is 0 Å². The first-order valence-electron chi connectivity index (χ1n) is 11.2. The number of likely N-dealkylation sites (tertiary alicyclic amines) is 1. The van der Waals surface area contributed by atoms with Crippen molar-refractivity contribution in [3.63, 3.8) is 0 Å². The molecule has 2 aromatic carbocycles. The molecule has 33 heavy (non-hydrogen) atoms. The van der Waals surface area contributed by atoms with Crippen LogP contribution >= 0.6 is 0 Å². The molecule has 0 radical (unpaired) electrons. The number of hydrogen-bond donors (Lipinski definition) is 1. The molecule has 2 aliphatic heterocycles. The Kier molecular flexibility index (Phi) is 6.91. The number of benzene rings is 2. The van der Waals surface area contributed by atoms with Crippen LogP contribution in [0.5, 0.6) is 5.75 Å². The second-order valence-corrected chi connectivity index (χ2v) is 8.73. The fraction of sp³-hybridized carbons (Fsp3) is 0.440. The Balaban J connectivity index is 1.40. The molecule has 2 amide bonds. The topological polar surface area (TPSA) is 58.6 Å². The summed E-state index contributed by atoms with van der Waals surface area (Å²) in [7, 11) is 0. The molecule has 4 rings (SSSR count). The highest BCUT2D eigenvalue weighted by atomic mass is 19.4. The van der Waals surface area contributed by atoms with Crippen LogP contribution in [0.3, 0.4) is 0 Å². The Hall–Kier alpha value is -3.03. The summed E-state index contributed by atoms with van der Waals surface area (Å²) in [6.07, 6.45) is -1.85. The van der Waals surface area contributed by atoms with E-state index in [1.165, 1.54) is 6.07 Å². The van der Waals surface area contributed by atoms with Gasteiger partial charge in [0.05, 0.1) is 17.9 Å². The normalized spacial score (nSPS) is 21.3. The monoisotopic (exact) mass is 460 g/mol. The first-order chi connectivity index (χ1) is 15.8. The summed E-state index contributed by atoms with van der Waals surface area (Å²) in [5, 5.41) is 2.60. The van der Waals surface area contributed by atoms with Crippen LogP contribution in [-0.2, 0) is 22.2 Å². The van der Waals surface area contributed by atoms with Gasteiger partial charge in [-0.2, -0.15) is 13.2 Å². The molecule has 1 saturated heterocycles. The zero-order valence-corrected chi connectivity index (χ0v) is 18.2. The first-order valence-corrected chi connectivity index (χ1v) is 11.2. The number of amides is 2. The lowest BCUT2D eigenvalue weighted by molar-refractivity contribution is -0.137. The van der Waals surface area contributed by atoms with Crippen LogP contribution in [-0.4, -0.2) is 36.4 Å². The highest BCUT2D eigenvalue weighted by Gasteiger charge is 2.34. The van der Waals surface area contributed by atoms with Crippen molar-refractivity contribution >= 4 is 17.5 Å². The van der Waals surface area contributed by atoms with Gasteiger partial charge in [-0.25, -0.2) is 0 Å².